The summed E-state index contributed by atoms with van der Waals surface area (Å²) in [7, 11) is 0. The summed E-state index contributed by atoms with van der Waals surface area (Å²) in [4.78, 5) is 38.0. The van der Waals surface area contributed by atoms with Crippen LogP contribution in [0.1, 0.15) is 44.0 Å². The Kier molecular flexibility index (Phi) is 7.69. The van der Waals surface area contributed by atoms with E-state index >= 15 is 0 Å². The summed E-state index contributed by atoms with van der Waals surface area (Å²) in [5.74, 6) is -0.396. The van der Waals surface area contributed by atoms with Crippen LogP contribution in [0.5, 0.6) is 0 Å². The molecule has 1 aromatic rings. The lowest BCUT2D eigenvalue weighted by Crippen LogP contribution is -2.45. The van der Waals surface area contributed by atoms with Crippen LogP contribution in [0.25, 0.3) is 0 Å². The lowest BCUT2D eigenvalue weighted by Gasteiger charge is -2.32. The molecule has 0 bridgehead atoms. The number of benzene rings is 1. The third-order valence-electron chi connectivity index (χ3n) is 4.33. The molecule has 0 aliphatic carbocycles. The van der Waals surface area contributed by atoms with Crippen LogP contribution in [0, 0.1) is 5.92 Å². The van der Waals surface area contributed by atoms with Gasteiger partial charge < -0.3 is 20.3 Å². The predicted octanol–water partition coefficient (Wildman–Crippen LogP) is 2.83. The second kappa shape index (κ2) is 9.78. The zero-order chi connectivity index (χ0) is 20.7. The van der Waals surface area contributed by atoms with Gasteiger partial charge in [0.1, 0.15) is 5.60 Å². The zero-order valence-electron chi connectivity index (χ0n) is 16.6. The molecule has 1 heterocycles. The summed E-state index contributed by atoms with van der Waals surface area (Å²) in [6.45, 7) is 7.18. The van der Waals surface area contributed by atoms with Crippen molar-refractivity contribution in [2.75, 3.05) is 26.2 Å². The van der Waals surface area contributed by atoms with E-state index in [0.717, 1.165) is 0 Å². The SMILES string of the molecule is CC(C)(C)OC(=O)N1CCC(C(=O)NCCNC(=O)c2ccc(Cl)cc2)CC1. The summed E-state index contributed by atoms with van der Waals surface area (Å²) in [6.07, 6.45) is 0.862. The highest BCUT2D eigenvalue weighted by molar-refractivity contribution is 6.30. The predicted molar refractivity (Wildman–Crippen MR) is 107 cm³/mol. The molecule has 7 nitrogen and oxygen atoms in total. The second-order valence-electron chi connectivity index (χ2n) is 7.80. The van der Waals surface area contributed by atoms with Gasteiger partial charge in [0.15, 0.2) is 0 Å². The maximum absolute atomic E-state index is 12.3. The van der Waals surface area contributed by atoms with Crippen LogP contribution in [-0.2, 0) is 9.53 Å². The van der Waals surface area contributed by atoms with Crippen LogP contribution < -0.4 is 10.6 Å². The molecule has 2 N–H and O–H groups in total. The molecule has 1 aliphatic heterocycles. The van der Waals surface area contributed by atoms with Gasteiger partial charge >= 0.3 is 6.09 Å². The van der Waals surface area contributed by atoms with Gasteiger partial charge in [-0.05, 0) is 57.9 Å². The number of piperidine rings is 1. The number of likely N-dealkylation sites (tertiary alicyclic amines) is 1. The third kappa shape index (κ3) is 7.03. The molecule has 2 rings (SSSR count). The Balaban J connectivity index is 1.65. The largest absolute Gasteiger partial charge is 0.444 e. The molecule has 1 aliphatic rings. The number of hydrogen-bond donors (Lipinski definition) is 2. The molecule has 1 saturated heterocycles. The van der Waals surface area contributed by atoms with E-state index in [9.17, 15) is 14.4 Å². The van der Waals surface area contributed by atoms with Crippen LogP contribution in [0.3, 0.4) is 0 Å². The third-order valence-corrected chi connectivity index (χ3v) is 4.59. The van der Waals surface area contributed by atoms with E-state index in [-0.39, 0.29) is 23.8 Å². The molecule has 0 spiro atoms. The number of carbonyl (C=O) groups is 3. The highest BCUT2D eigenvalue weighted by Crippen LogP contribution is 2.19. The Bertz CT molecular complexity index is 692. The van der Waals surface area contributed by atoms with E-state index in [2.05, 4.69) is 10.6 Å². The fraction of sp³-hybridized carbons (Fsp3) is 0.550. The van der Waals surface area contributed by atoms with Gasteiger partial charge in [0, 0.05) is 42.7 Å². The minimum atomic E-state index is -0.526. The summed E-state index contributed by atoms with van der Waals surface area (Å²) in [5.41, 5.74) is -0.00730. The first kappa shape index (κ1) is 22.0. The van der Waals surface area contributed by atoms with Gasteiger partial charge in [-0.2, -0.15) is 0 Å². The second-order valence-corrected chi connectivity index (χ2v) is 8.23. The van der Waals surface area contributed by atoms with Gasteiger partial charge in [0.2, 0.25) is 5.91 Å². The maximum Gasteiger partial charge on any atom is 0.410 e. The monoisotopic (exact) mass is 409 g/mol. The highest BCUT2D eigenvalue weighted by Gasteiger charge is 2.29. The Labute approximate surface area is 170 Å². The molecule has 3 amide bonds. The summed E-state index contributed by atoms with van der Waals surface area (Å²) < 4.78 is 5.36. The molecule has 0 unspecified atom stereocenters. The molecular weight excluding hydrogens is 382 g/mol. The molecule has 0 aromatic heterocycles. The van der Waals surface area contributed by atoms with Crippen LogP contribution in [0.4, 0.5) is 4.79 Å². The van der Waals surface area contributed by atoms with Crippen molar-refractivity contribution in [3.05, 3.63) is 34.9 Å². The number of carbonyl (C=O) groups excluding carboxylic acids is 3. The Hall–Kier alpha value is -2.28. The molecule has 1 fully saturated rings. The van der Waals surface area contributed by atoms with Crippen molar-refractivity contribution in [1.82, 2.24) is 15.5 Å². The van der Waals surface area contributed by atoms with Gasteiger partial charge in [-0.1, -0.05) is 11.6 Å². The normalized spacial score (nSPS) is 15.1. The summed E-state index contributed by atoms with van der Waals surface area (Å²) >= 11 is 5.80. The minimum Gasteiger partial charge on any atom is -0.444 e. The van der Waals surface area contributed by atoms with E-state index in [1.54, 1.807) is 29.2 Å². The first-order valence-electron chi connectivity index (χ1n) is 9.45. The summed E-state index contributed by atoms with van der Waals surface area (Å²) in [5, 5.41) is 6.17. The number of halogens is 1. The van der Waals surface area contributed by atoms with Crippen molar-refractivity contribution >= 4 is 29.5 Å². The topological polar surface area (TPSA) is 87.7 Å². The number of rotatable bonds is 5. The molecule has 8 heteroatoms. The molecular formula is C20H28ClN3O4. The van der Waals surface area contributed by atoms with E-state index in [0.29, 0.717) is 49.6 Å². The summed E-state index contributed by atoms with van der Waals surface area (Å²) in [6, 6.07) is 6.60. The number of nitrogens with zero attached hydrogens (tertiary/aromatic N) is 1. The van der Waals surface area contributed by atoms with E-state index in [4.69, 9.17) is 16.3 Å². The first-order chi connectivity index (χ1) is 13.2. The van der Waals surface area contributed by atoms with Crippen molar-refractivity contribution in [2.24, 2.45) is 5.92 Å². The van der Waals surface area contributed by atoms with E-state index < -0.39 is 5.60 Å². The lowest BCUT2D eigenvalue weighted by atomic mass is 9.96. The fourth-order valence-corrected chi connectivity index (χ4v) is 2.99. The van der Waals surface area contributed by atoms with Crippen molar-refractivity contribution in [2.45, 2.75) is 39.2 Å². The van der Waals surface area contributed by atoms with Crippen LogP contribution >= 0.6 is 11.6 Å². The van der Waals surface area contributed by atoms with Crippen LogP contribution in [-0.4, -0.2) is 54.6 Å². The molecule has 0 saturated carbocycles. The van der Waals surface area contributed by atoms with Crippen LogP contribution in [0.15, 0.2) is 24.3 Å². The molecule has 28 heavy (non-hydrogen) atoms. The molecule has 0 atom stereocenters. The fourth-order valence-electron chi connectivity index (χ4n) is 2.86. The number of ether oxygens (including phenoxy) is 1. The average molecular weight is 410 g/mol. The molecule has 0 radical (unpaired) electrons. The number of nitrogens with one attached hydrogen (secondary N) is 2. The zero-order valence-corrected chi connectivity index (χ0v) is 17.3. The van der Waals surface area contributed by atoms with Gasteiger partial charge in [-0.15, -0.1) is 0 Å². The van der Waals surface area contributed by atoms with Gasteiger partial charge in [0.25, 0.3) is 5.91 Å². The van der Waals surface area contributed by atoms with Crippen LogP contribution in [0.2, 0.25) is 5.02 Å². The van der Waals surface area contributed by atoms with E-state index in [1.165, 1.54) is 0 Å². The van der Waals surface area contributed by atoms with Gasteiger partial charge in [0.05, 0.1) is 0 Å². The average Bonchev–Trinajstić information content (AvgIpc) is 2.64. The number of hydrogen-bond acceptors (Lipinski definition) is 4. The Morgan fingerprint density at radius 2 is 1.64 bits per heavy atom. The highest BCUT2D eigenvalue weighted by atomic mass is 35.5. The lowest BCUT2D eigenvalue weighted by molar-refractivity contribution is -0.126. The number of amides is 3. The Morgan fingerprint density at radius 1 is 1.07 bits per heavy atom. The minimum absolute atomic E-state index is 0.0513. The quantitative estimate of drug-likeness (QED) is 0.732. The Morgan fingerprint density at radius 3 is 2.21 bits per heavy atom. The smallest absolute Gasteiger partial charge is 0.410 e. The first-order valence-corrected chi connectivity index (χ1v) is 9.83. The molecule has 1 aromatic carbocycles. The van der Waals surface area contributed by atoms with Gasteiger partial charge in [-0.3, -0.25) is 9.59 Å². The van der Waals surface area contributed by atoms with Crippen molar-refractivity contribution in [3.63, 3.8) is 0 Å². The van der Waals surface area contributed by atoms with Crippen molar-refractivity contribution in [3.8, 4) is 0 Å². The van der Waals surface area contributed by atoms with Gasteiger partial charge in [-0.25, -0.2) is 4.79 Å². The van der Waals surface area contributed by atoms with Crippen molar-refractivity contribution in [1.29, 1.82) is 0 Å². The maximum atomic E-state index is 12.3. The van der Waals surface area contributed by atoms with E-state index in [1.807, 2.05) is 20.8 Å². The molecule has 154 valence electrons. The van der Waals surface area contributed by atoms with Crippen molar-refractivity contribution < 1.29 is 19.1 Å². The standard InChI is InChI=1S/C20H28ClN3O4/c1-20(2,3)28-19(27)24-12-8-15(9-13-24)18(26)23-11-10-22-17(25)14-4-6-16(21)7-5-14/h4-7,15H,8-13H2,1-3H3,(H,22,25)(H,23,26).